The van der Waals surface area contributed by atoms with Crippen LogP contribution in [-0.2, 0) is 13.8 Å². The van der Waals surface area contributed by atoms with Crippen molar-refractivity contribution in [2.45, 2.75) is 57.4 Å². The number of nitrogens with one attached hydrogen (secondary N) is 2. The van der Waals surface area contributed by atoms with Crippen LogP contribution in [-0.4, -0.2) is 70.5 Å². The lowest BCUT2D eigenvalue weighted by Crippen LogP contribution is -2.36. The molecule has 8 N–H and O–H groups in total. The molecular formula is C16H28N5O9P. The van der Waals surface area contributed by atoms with Crippen LogP contribution < -0.4 is 17.0 Å². The Bertz CT molecular complexity index is 1060. The highest BCUT2D eigenvalue weighted by molar-refractivity contribution is 7.53. The second kappa shape index (κ2) is 9.61. The zero-order valence-electron chi connectivity index (χ0n) is 17.3. The molecule has 176 valence electrons. The number of rotatable bonds is 11. The van der Waals surface area contributed by atoms with Crippen LogP contribution in [0.5, 0.6) is 0 Å². The molecule has 2 aromatic rings. The summed E-state index contributed by atoms with van der Waals surface area (Å²) in [4.78, 5) is 42.7. The Labute approximate surface area is 176 Å². The number of aliphatic hydroxyl groups is 3. The zero-order chi connectivity index (χ0) is 23.6. The maximum atomic E-state index is 12.4. The van der Waals surface area contributed by atoms with Crippen molar-refractivity contribution in [2.24, 2.45) is 0 Å². The molecule has 0 saturated heterocycles. The number of aromatic nitrogens is 4. The van der Waals surface area contributed by atoms with Gasteiger partial charge in [-0.15, -0.1) is 0 Å². The van der Waals surface area contributed by atoms with Gasteiger partial charge in [0.1, 0.15) is 6.10 Å². The van der Waals surface area contributed by atoms with E-state index in [9.17, 15) is 34.4 Å². The molecule has 2 unspecified atom stereocenters. The largest absolute Gasteiger partial charge is 0.394 e. The molecule has 0 amide bonds. The molecule has 0 radical (unpaired) electrons. The summed E-state index contributed by atoms with van der Waals surface area (Å²) in [5.41, 5.74) is 2.37. The number of imidazole rings is 1. The lowest BCUT2D eigenvalue weighted by Gasteiger charge is -2.30. The molecule has 0 saturated carbocycles. The topological polar surface area (TPSA) is 226 Å². The van der Waals surface area contributed by atoms with Crippen LogP contribution in [0.25, 0.3) is 11.2 Å². The van der Waals surface area contributed by atoms with E-state index in [-0.39, 0.29) is 36.6 Å². The second-order valence-corrected chi connectivity index (χ2v) is 9.42. The van der Waals surface area contributed by atoms with E-state index in [1.165, 1.54) is 20.8 Å². The highest BCUT2D eigenvalue weighted by Crippen LogP contribution is 2.51. The van der Waals surface area contributed by atoms with Gasteiger partial charge >= 0.3 is 13.3 Å². The molecule has 2 rings (SSSR count). The number of nitrogens with two attached hydrogens (primary N) is 1. The fourth-order valence-corrected chi connectivity index (χ4v) is 4.21. The number of hydrogen-bond acceptors (Lipinski definition) is 10. The number of anilines is 1. The maximum absolute atomic E-state index is 12.4. The third-order valence-corrected chi connectivity index (χ3v) is 6.35. The van der Waals surface area contributed by atoms with Gasteiger partial charge in [0.2, 0.25) is 5.95 Å². The minimum absolute atomic E-state index is 0.00981. The highest BCUT2D eigenvalue weighted by Gasteiger charge is 2.36. The van der Waals surface area contributed by atoms with Crippen LogP contribution in [0.4, 0.5) is 5.95 Å². The average molecular weight is 465 g/mol. The highest BCUT2D eigenvalue weighted by atomic mass is 31.2. The molecule has 0 aliphatic carbocycles. The molecular weight excluding hydrogens is 437 g/mol. The standard InChI is InChI=1S/C16H28N5O9P/c1-4-9(24)31(27,28)30-16(2,3)5-6-29-13(8(23)7-22)21-11-10(18-15(21)26)12(25)20-14(17)19-11/h8-9,13,22-24H,4-7H2,1-3H3,(H,18,26)(H,27,28)(H3,17,19,20,25)/t8-,9?,13-/m1/s1. The van der Waals surface area contributed by atoms with Crippen molar-refractivity contribution in [2.75, 3.05) is 18.9 Å². The Morgan fingerprint density at radius 1 is 1.29 bits per heavy atom. The van der Waals surface area contributed by atoms with Crippen molar-refractivity contribution in [1.82, 2.24) is 19.5 Å². The third-order valence-electron chi connectivity index (χ3n) is 4.48. The summed E-state index contributed by atoms with van der Waals surface area (Å²) in [6, 6.07) is 0. The Kier molecular flexibility index (Phi) is 7.81. The van der Waals surface area contributed by atoms with Gasteiger partial charge in [0.25, 0.3) is 5.56 Å². The molecule has 0 aliphatic heterocycles. The first kappa shape index (κ1) is 25.2. The number of aliphatic hydroxyl groups excluding tert-OH is 3. The van der Waals surface area contributed by atoms with E-state index >= 15 is 0 Å². The van der Waals surface area contributed by atoms with E-state index in [1.54, 1.807) is 0 Å². The number of nitrogen functional groups attached to an aromatic ring is 1. The smallest absolute Gasteiger partial charge is 0.356 e. The van der Waals surface area contributed by atoms with Gasteiger partial charge in [-0.2, -0.15) is 4.98 Å². The molecule has 15 heteroatoms. The predicted octanol–water partition coefficient (Wildman–Crippen LogP) is -1.04. The summed E-state index contributed by atoms with van der Waals surface area (Å²) in [6.45, 7) is 3.54. The van der Waals surface area contributed by atoms with E-state index < -0.39 is 49.2 Å². The Morgan fingerprint density at radius 3 is 2.52 bits per heavy atom. The lowest BCUT2D eigenvalue weighted by atomic mass is 10.1. The van der Waals surface area contributed by atoms with E-state index in [0.717, 1.165) is 4.57 Å². The van der Waals surface area contributed by atoms with E-state index in [1.807, 2.05) is 0 Å². The summed E-state index contributed by atoms with van der Waals surface area (Å²) in [6.07, 6.45) is -3.01. The van der Waals surface area contributed by atoms with Gasteiger partial charge < -0.3 is 35.2 Å². The Balaban J connectivity index is 2.26. The van der Waals surface area contributed by atoms with Gasteiger partial charge in [0.15, 0.2) is 23.2 Å². The van der Waals surface area contributed by atoms with Crippen LogP contribution in [0, 0.1) is 0 Å². The number of aromatic amines is 2. The molecule has 0 spiro atoms. The molecule has 4 atom stereocenters. The fourth-order valence-electron chi connectivity index (χ4n) is 2.83. The van der Waals surface area contributed by atoms with Gasteiger partial charge in [-0.3, -0.25) is 19.3 Å². The third kappa shape index (κ3) is 5.80. The maximum Gasteiger partial charge on any atom is 0.356 e. The van der Waals surface area contributed by atoms with Crippen LogP contribution in [0.1, 0.15) is 39.8 Å². The van der Waals surface area contributed by atoms with Gasteiger partial charge in [-0.1, -0.05) is 6.92 Å². The summed E-state index contributed by atoms with van der Waals surface area (Å²) >= 11 is 0. The molecule has 0 aromatic carbocycles. The van der Waals surface area contributed by atoms with Crippen molar-refractivity contribution in [1.29, 1.82) is 0 Å². The van der Waals surface area contributed by atoms with Gasteiger partial charge in [0.05, 0.1) is 18.8 Å². The summed E-state index contributed by atoms with van der Waals surface area (Å²) in [5.74, 6) is -1.82. The quantitative estimate of drug-likeness (QED) is 0.198. The van der Waals surface area contributed by atoms with Crippen molar-refractivity contribution in [3.05, 3.63) is 20.8 Å². The Morgan fingerprint density at radius 2 is 1.94 bits per heavy atom. The number of hydrogen-bond donors (Lipinski definition) is 7. The molecule has 2 aromatic heterocycles. The van der Waals surface area contributed by atoms with Gasteiger partial charge in [-0.05, 0) is 26.7 Å². The number of H-pyrrole nitrogens is 2. The summed E-state index contributed by atoms with van der Waals surface area (Å²) in [7, 11) is -4.31. The first-order valence-corrected chi connectivity index (χ1v) is 11.1. The lowest BCUT2D eigenvalue weighted by molar-refractivity contribution is -0.106. The number of ether oxygens (including phenoxy) is 1. The first-order valence-electron chi connectivity index (χ1n) is 9.44. The van der Waals surface area contributed by atoms with E-state index in [2.05, 4.69) is 15.0 Å². The van der Waals surface area contributed by atoms with E-state index in [0.29, 0.717) is 0 Å². The number of nitrogens with zero attached hydrogens (tertiary/aromatic N) is 2. The van der Waals surface area contributed by atoms with Crippen molar-refractivity contribution in [3.63, 3.8) is 0 Å². The molecule has 0 aliphatic rings. The molecule has 31 heavy (non-hydrogen) atoms. The molecule has 14 nitrogen and oxygen atoms in total. The van der Waals surface area contributed by atoms with Crippen LogP contribution in [0.2, 0.25) is 0 Å². The fraction of sp³-hybridized carbons (Fsp3) is 0.688. The van der Waals surface area contributed by atoms with E-state index in [4.69, 9.17) is 15.0 Å². The van der Waals surface area contributed by atoms with Crippen LogP contribution >= 0.6 is 7.60 Å². The molecule has 0 bridgehead atoms. The SMILES string of the molecule is CCC(O)P(=O)(O)OC(C)(C)CCO[C@H]([C@H](O)CO)n1c(=O)[nH]c2c(=O)[nH]c(N)nc21. The summed E-state index contributed by atoms with van der Waals surface area (Å²) in [5, 5.41) is 29.2. The Hall–Kier alpha value is -2.06. The zero-order valence-corrected chi connectivity index (χ0v) is 18.2. The predicted molar refractivity (Wildman–Crippen MR) is 109 cm³/mol. The summed E-state index contributed by atoms with van der Waals surface area (Å²) < 4.78 is 23.7. The van der Waals surface area contributed by atoms with Gasteiger partial charge in [0, 0.05) is 0 Å². The normalized spacial score (nSPS) is 17.4. The second-order valence-electron chi connectivity index (χ2n) is 7.52. The van der Waals surface area contributed by atoms with Crippen LogP contribution in [0.15, 0.2) is 9.59 Å². The van der Waals surface area contributed by atoms with Crippen LogP contribution in [0.3, 0.4) is 0 Å². The van der Waals surface area contributed by atoms with Crippen molar-refractivity contribution in [3.8, 4) is 0 Å². The minimum atomic E-state index is -4.31. The molecule has 2 heterocycles. The van der Waals surface area contributed by atoms with Crippen molar-refractivity contribution < 1.29 is 34.0 Å². The first-order chi connectivity index (χ1) is 14.3. The molecule has 0 fully saturated rings. The van der Waals surface area contributed by atoms with Crippen molar-refractivity contribution >= 4 is 24.7 Å². The monoisotopic (exact) mass is 465 g/mol. The minimum Gasteiger partial charge on any atom is -0.394 e. The average Bonchev–Trinajstić information content (AvgIpc) is 2.99. The van der Waals surface area contributed by atoms with Gasteiger partial charge in [-0.25, -0.2) is 9.36 Å². The number of fused-ring (bicyclic) bond motifs is 1.